The number of fused-ring (bicyclic) bond motifs is 8. The molecular formula is C44H28ClCoN4O4. The van der Waals surface area contributed by atoms with Crippen molar-refractivity contribution < 1.29 is 35.3 Å². The summed E-state index contributed by atoms with van der Waals surface area (Å²) in [6, 6.07) is 35.7. The molecule has 0 saturated heterocycles. The van der Waals surface area contributed by atoms with Gasteiger partial charge in [-0.2, -0.15) is 0 Å². The van der Waals surface area contributed by atoms with E-state index in [1.165, 1.54) is 0 Å². The monoisotopic (exact) mass is 770 g/mol. The van der Waals surface area contributed by atoms with Gasteiger partial charge in [0.15, 0.2) is 0 Å². The van der Waals surface area contributed by atoms with Crippen LogP contribution in [0.5, 0.6) is 23.0 Å². The molecule has 9 rings (SSSR count). The van der Waals surface area contributed by atoms with Gasteiger partial charge in [-0.25, -0.2) is 9.97 Å². The topological polar surface area (TPSA) is 135 Å². The van der Waals surface area contributed by atoms with E-state index in [9.17, 15) is 20.4 Å². The number of phenolic OH excluding ortho intramolecular Hbond substituents is 4. The van der Waals surface area contributed by atoms with Crippen LogP contribution in [0.3, 0.4) is 0 Å². The Bertz CT molecular complexity index is 2380. The number of hydrogen-bond donors (Lipinski definition) is 4. The number of benzene rings is 4. The van der Waals surface area contributed by atoms with Crippen molar-refractivity contribution >= 4 is 56.5 Å². The fourth-order valence-corrected chi connectivity index (χ4v) is 6.78. The molecular weight excluding hydrogens is 743 g/mol. The Balaban J connectivity index is 0.00000203. The quantitative estimate of drug-likeness (QED) is 0.139. The van der Waals surface area contributed by atoms with Crippen LogP contribution in [0, 0.1) is 0 Å². The van der Waals surface area contributed by atoms with E-state index in [0.717, 1.165) is 44.5 Å². The second kappa shape index (κ2) is 14.5. The van der Waals surface area contributed by atoms with Gasteiger partial charge in [0.1, 0.15) is 23.0 Å². The van der Waals surface area contributed by atoms with Crippen molar-refractivity contribution in [3.8, 4) is 67.5 Å². The summed E-state index contributed by atoms with van der Waals surface area (Å²) in [5, 5.41) is 40.6. The van der Waals surface area contributed by atoms with Crippen molar-refractivity contribution in [2.45, 2.75) is 0 Å². The average Bonchev–Trinajstić information content (AvgIpc) is 4.03. The van der Waals surface area contributed by atoms with Gasteiger partial charge in [0.2, 0.25) is 0 Å². The molecule has 4 N–H and O–H groups in total. The first kappa shape index (κ1) is 34.6. The van der Waals surface area contributed by atoms with Crippen molar-refractivity contribution in [1.29, 1.82) is 0 Å². The average molecular weight is 771 g/mol. The standard InChI is InChI=1S/C44H28N4O4.ClH.Co/c49-29-9-1-25(2-10-29)41-33-17-19-35(45-33)42(26-3-11-30(50)12-4-26)37-21-23-39(47-37)44(28-7-15-32(52)16-8-28)40-24-22-38(48-40)43(36-20-18-34(41)46-36)27-5-13-31(51)14-6-27;;/h1-24H,(H4-2,45,46,47,48,49,50,51,52);1H;/q-2;;+3/p-1. The molecule has 264 valence electrons. The van der Waals surface area contributed by atoms with E-state index >= 15 is 0 Å². The zero-order valence-electron chi connectivity index (χ0n) is 28.1. The summed E-state index contributed by atoms with van der Waals surface area (Å²) >= 11 is 3.03. The molecule has 2 aliphatic heterocycles. The molecule has 3 aromatic heterocycles. The molecule has 54 heavy (non-hydrogen) atoms. The molecule has 0 amide bonds. The number of nitrogens with zero attached hydrogens (tertiary/aromatic N) is 4. The van der Waals surface area contributed by atoms with Gasteiger partial charge in [0.25, 0.3) is 0 Å². The van der Waals surface area contributed by atoms with Crippen molar-refractivity contribution in [1.82, 2.24) is 19.9 Å². The van der Waals surface area contributed by atoms with Crippen LogP contribution in [0.15, 0.2) is 121 Å². The first-order chi connectivity index (χ1) is 26.4. The van der Waals surface area contributed by atoms with Crippen molar-refractivity contribution in [3.63, 3.8) is 0 Å². The molecule has 2 aliphatic rings. The van der Waals surface area contributed by atoms with Crippen LogP contribution >= 0.6 is 10.1 Å². The Labute approximate surface area is 321 Å². The van der Waals surface area contributed by atoms with Crippen LogP contribution in [0.4, 0.5) is 0 Å². The maximum atomic E-state index is 10.2. The van der Waals surface area contributed by atoms with Gasteiger partial charge in [-0.1, -0.05) is 72.8 Å². The van der Waals surface area contributed by atoms with Gasteiger partial charge in [-0.05, 0) is 117 Å². The number of aromatic nitrogens is 4. The van der Waals surface area contributed by atoms with E-state index in [1.807, 2.05) is 97.1 Å². The number of aromatic hydroxyl groups is 4. The van der Waals surface area contributed by atoms with Crippen LogP contribution < -0.4 is 9.97 Å². The molecule has 0 saturated carbocycles. The van der Waals surface area contributed by atoms with E-state index < -0.39 is 0 Å². The predicted molar refractivity (Wildman–Crippen MR) is 211 cm³/mol. The van der Waals surface area contributed by atoms with Gasteiger partial charge in [0, 0.05) is 0 Å². The summed E-state index contributed by atoms with van der Waals surface area (Å²) < 4.78 is 0. The summed E-state index contributed by atoms with van der Waals surface area (Å²) in [5.41, 5.74) is 11.8. The number of phenols is 4. The molecule has 0 fully saturated rings. The predicted octanol–water partition coefficient (Wildman–Crippen LogP) is 10.1. The van der Waals surface area contributed by atoms with E-state index in [0.29, 0.717) is 44.8 Å². The fraction of sp³-hybridized carbons (Fsp3) is 0. The third-order valence-corrected chi connectivity index (χ3v) is 9.23. The molecule has 0 radical (unpaired) electrons. The Hall–Kier alpha value is -6.52. The Kier molecular flexibility index (Phi) is 9.27. The Morgan fingerprint density at radius 2 is 0.537 bits per heavy atom. The van der Waals surface area contributed by atoms with Crippen LogP contribution in [-0.4, -0.2) is 30.4 Å². The summed E-state index contributed by atoms with van der Waals surface area (Å²) in [7, 11) is 4.33. The SMILES string of the molecule is Oc1ccc(-c2c3nc(c(-c4ccc(O)cc4)c4ccc([n-]4)c(-c4ccc(O)cc4)c4nc(c(-c5ccc(O)cc5)c5ccc2[n-]5)C=C4)C=C3)cc1.[Cl][Co+2]. The zero-order valence-corrected chi connectivity index (χ0v) is 29.9. The summed E-state index contributed by atoms with van der Waals surface area (Å²) in [6.07, 6.45) is 7.82. The summed E-state index contributed by atoms with van der Waals surface area (Å²) in [5.74, 6) is 0.594. The van der Waals surface area contributed by atoms with Gasteiger partial charge in [0.05, 0.1) is 22.8 Å². The molecule has 8 nitrogen and oxygen atoms in total. The first-order valence-electron chi connectivity index (χ1n) is 16.7. The fourth-order valence-electron chi connectivity index (χ4n) is 6.78. The number of halogens is 1. The molecule has 0 unspecified atom stereocenters. The van der Waals surface area contributed by atoms with Crippen molar-refractivity contribution in [3.05, 3.63) is 144 Å². The third kappa shape index (κ3) is 6.52. The van der Waals surface area contributed by atoms with Gasteiger partial charge < -0.3 is 30.4 Å². The van der Waals surface area contributed by atoms with Crippen molar-refractivity contribution in [2.24, 2.45) is 0 Å². The molecule has 4 aromatic carbocycles. The first-order valence-corrected chi connectivity index (χ1v) is 18.2. The normalized spacial score (nSPS) is 11.7. The molecule has 10 heteroatoms. The van der Waals surface area contributed by atoms with E-state index in [2.05, 4.69) is 25.0 Å². The van der Waals surface area contributed by atoms with Crippen LogP contribution in [-0.2, 0) is 14.8 Å². The molecule has 0 atom stereocenters. The Morgan fingerprint density at radius 3 is 0.741 bits per heavy atom. The molecule has 0 spiro atoms. The maximum absolute atomic E-state index is 10.2. The van der Waals surface area contributed by atoms with E-state index in [-0.39, 0.29) is 23.0 Å². The molecule has 0 aliphatic carbocycles. The van der Waals surface area contributed by atoms with Gasteiger partial charge in [-0.3, -0.25) is 0 Å². The Morgan fingerprint density at radius 1 is 0.333 bits per heavy atom. The summed E-state index contributed by atoms with van der Waals surface area (Å²) in [6.45, 7) is 0. The summed E-state index contributed by atoms with van der Waals surface area (Å²) in [4.78, 5) is 20.8. The second-order valence-electron chi connectivity index (χ2n) is 12.5. The third-order valence-electron chi connectivity index (χ3n) is 9.23. The number of hydrogen-bond acceptors (Lipinski definition) is 6. The molecule has 8 bridgehead atoms. The zero-order chi connectivity index (χ0) is 37.3. The van der Waals surface area contributed by atoms with E-state index in [1.54, 1.807) is 48.5 Å². The number of rotatable bonds is 4. The minimum absolute atomic E-state index is 0.149. The van der Waals surface area contributed by atoms with Gasteiger partial charge >= 0.3 is 25.0 Å². The van der Waals surface area contributed by atoms with Crippen LogP contribution in [0.2, 0.25) is 0 Å². The molecule has 7 aromatic rings. The van der Waals surface area contributed by atoms with Crippen LogP contribution in [0.1, 0.15) is 22.8 Å². The minimum atomic E-state index is 0.149. The van der Waals surface area contributed by atoms with Crippen molar-refractivity contribution in [2.75, 3.05) is 0 Å². The van der Waals surface area contributed by atoms with Gasteiger partial charge in [-0.15, -0.1) is 22.1 Å². The van der Waals surface area contributed by atoms with Crippen LogP contribution in [0.25, 0.3) is 90.9 Å². The second-order valence-corrected chi connectivity index (χ2v) is 12.5. The van der Waals surface area contributed by atoms with E-state index in [4.69, 9.17) is 19.9 Å². The molecule has 5 heterocycles.